The topological polar surface area (TPSA) is 83.0 Å². The van der Waals surface area contributed by atoms with Crippen molar-refractivity contribution in [3.8, 4) is 17.3 Å². The third-order valence-electron chi connectivity index (χ3n) is 5.43. The standard InChI is InChI=1S/C21H24FN7O/c1-5-21(3,4)18-16-11-24-26-19(14-9-7-8-10-15(14)22)29(16)27-20(18)30-12-17-23-13-25-28(17)6-2/h7-11,13H,5-6,12H2,1-4H3. The molecule has 0 amide bonds. The molecule has 3 aromatic heterocycles. The van der Waals surface area contributed by atoms with Gasteiger partial charge in [0, 0.05) is 12.1 Å². The fraction of sp³-hybridized carbons (Fsp3) is 0.381. The van der Waals surface area contributed by atoms with Crippen molar-refractivity contribution in [1.29, 1.82) is 0 Å². The van der Waals surface area contributed by atoms with Gasteiger partial charge in [-0.15, -0.1) is 10.2 Å². The summed E-state index contributed by atoms with van der Waals surface area (Å²) in [6.45, 7) is 9.26. The summed E-state index contributed by atoms with van der Waals surface area (Å²) in [5.41, 5.74) is 1.73. The third kappa shape index (κ3) is 3.40. The third-order valence-corrected chi connectivity index (χ3v) is 5.43. The molecule has 0 saturated heterocycles. The Kier molecular flexibility index (Phi) is 5.19. The number of hydrogen-bond donors (Lipinski definition) is 0. The molecule has 0 spiro atoms. The van der Waals surface area contributed by atoms with Crippen LogP contribution in [0.3, 0.4) is 0 Å². The van der Waals surface area contributed by atoms with Gasteiger partial charge in [0.15, 0.2) is 11.6 Å². The highest BCUT2D eigenvalue weighted by molar-refractivity contribution is 5.66. The summed E-state index contributed by atoms with van der Waals surface area (Å²) in [4.78, 5) is 4.26. The van der Waals surface area contributed by atoms with Gasteiger partial charge in [0.2, 0.25) is 5.88 Å². The van der Waals surface area contributed by atoms with E-state index < -0.39 is 0 Å². The first kappa shape index (κ1) is 19.9. The van der Waals surface area contributed by atoms with Gasteiger partial charge >= 0.3 is 0 Å². The van der Waals surface area contributed by atoms with Crippen molar-refractivity contribution in [3.05, 3.63) is 54.0 Å². The minimum atomic E-state index is -0.385. The maximum absolute atomic E-state index is 14.5. The van der Waals surface area contributed by atoms with Gasteiger partial charge in [0.1, 0.15) is 18.8 Å². The van der Waals surface area contributed by atoms with Crippen LogP contribution in [0.5, 0.6) is 5.88 Å². The lowest BCUT2D eigenvalue weighted by Crippen LogP contribution is -2.17. The summed E-state index contributed by atoms with van der Waals surface area (Å²) in [5.74, 6) is 1.11. The lowest BCUT2D eigenvalue weighted by atomic mass is 9.83. The van der Waals surface area contributed by atoms with Crippen molar-refractivity contribution >= 4 is 5.52 Å². The molecule has 0 aliphatic heterocycles. The van der Waals surface area contributed by atoms with Crippen molar-refractivity contribution in [2.24, 2.45) is 0 Å². The lowest BCUT2D eigenvalue weighted by molar-refractivity contribution is 0.267. The van der Waals surface area contributed by atoms with E-state index in [-0.39, 0.29) is 17.8 Å². The summed E-state index contributed by atoms with van der Waals surface area (Å²) in [5, 5.41) is 17.1. The molecule has 0 atom stereocenters. The van der Waals surface area contributed by atoms with Gasteiger partial charge in [0.05, 0.1) is 17.3 Å². The van der Waals surface area contributed by atoms with Crippen molar-refractivity contribution in [2.45, 2.75) is 52.7 Å². The van der Waals surface area contributed by atoms with Gasteiger partial charge in [-0.3, -0.25) is 0 Å². The summed E-state index contributed by atoms with van der Waals surface area (Å²) in [6.07, 6.45) is 4.01. The quantitative estimate of drug-likeness (QED) is 0.462. The molecule has 8 nitrogen and oxygen atoms in total. The maximum Gasteiger partial charge on any atom is 0.238 e. The highest BCUT2D eigenvalue weighted by Gasteiger charge is 2.30. The first-order valence-corrected chi connectivity index (χ1v) is 9.95. The molecule has 0 aliphatic rings. The first-order chi connectivity index (χ1) is 14.5. The van der Waals surface area contributed by atoms with Crippen LogP contribution in [0.4, 0.5) is 4.39 Å². The molecule has 0 radical (unpaired) electrons. The zero-order valence-corrected chi connectivity index (χ0v) is 17.5. The van der Waals surface area contributed by atoms with Crippen LogP contribution in [-0.4, -0.2) is 34.6 Å². The molecular formula is C21H24FN7O. The highest BCUT2D eigenvalue weighted by atomic mass is 19.1. The zero-order valence-electron chi connectivity index (χ0n) is 17.5. The van der Waals surface area contributed by atoms with Gasteiger partial charge in [-0.2, -0.15) is 10.2 Å². The van der Waals surface area contributed by atoms with Gasteiger partial charge < -0.3 is 4.74 Å². The molecule has 9 heteroatoms. The number of halogens is 1. The molecule has 0 bridgehead atoms. The number of nitrogens with zero attached hydrogens (tertiary/aromatic N) is 7. The molecule has 0 fully saturated rings. The van der Waals surface area contributed by atoms with Gasteiger partial charge in [-0.05, 0) is 30.9 Å². The highest BCUT2D eigenvalue weighted by Crippen LogP contribution is 2.38. The maximum atomic E-state index is 14.5. The SMILES string of the molecule is CCn1ncnc1COc1nn2c(-c3ccccc3F)nncc2c1C(C)(C)CC. The van der Waals surface area contributed by atoms with Gasteiger partial charge in [0.25, 0.3) is 0 Å². The molecule has 3 heterocycles. The summed E-state index contributed by atoms with van der Waals surface area (Å²) < 4.78 is 24.0. The van der Waals surface area contributed by atoms with Crippen LogP contribution >= 0.6 is 0 Å². The number of aryl methyl sites for hydroxylation is 1. The molecule has 0 N–H and O–H groups in total. The van der Waals surface area contributed by atoms with E-state index in [0.717, 1.165) is 17.5 Å². The van der Waals surface area contributed by atoms with Crippen LogP contribution in [0, 0.1) is 5.82 Å². The van der Waals surface area contributed by atoms with E-state index in [0.29, 0.717) is 29.6 Å². The number of ether oxygens (including phenoxy) is 1. The summed E-state index contributed by atoms with van der Waals surface area (Å²) in [7, 11) is 0. The van der Waals surface area contributed by atoms with E-state index in [1.807, 2.05) is 6.92 Å². The number of fused-ring (bicyclic) bond motifs is 1. The minimum absolute atomic E-state index is 0.223. The van der Waals surface area contributed by atoms with Crippen LogP contribution in [0.1, 0.15) is 45.5 Å². The number of rotatable bonds is 7. The Bertz CT molecular complexity index is 1180. The summed E-state index contributed by atoms with van der Waals surface area (Å²) >= 11 is 0. The average Bonchev–Trinajstić information content (AvgIpc) is 3.36. The molecule has 0 unspecified atom stereocenters. The Hall–Kier alpha value is -3.36. The van der Waals surface area contributed by atoms with Crippen LogP contribution in [-0.2, 0) is 18.6 Å². The van der Waals surface area contributed by atoms with E-state index in [9.17, 15) is 4.39 Å². The monoisotopic (exact) mass is 409 g/mol. The van der Waals surface area contributed by atoms with E-state index >= 15 is 0 Å². The number of aromatic nitrogens is 7. The average molecular weight is 409 g/mol. The lowest BCUT2D eigenvalue weighted by Gasteiger charge is -2.22. The molecular weight excluding hydrogens is 385 g/mol. The Morgan fingerprint density at radius 2 is 1.97 bits per heavy atom. The molecule has 4 aromatic rings. The molecule has 156 valence electrons. The molecule has 0 saturated carbocycles. The minimum Gasteiger partial charge on any atom is -0.468 e. The van der Waals surface area contributed by atoms with Crippen LogP contribution in [0.15, 0.2) is 36.8 Å². The Morgan fingerprint density at radius 3 is 2.70 bits per heavy atom. The van der Waals surface area contributed by atoms with Crippen LogP contribution in [0.2, 0.25) is 0 Å². The summed E-state index contributed by atoms with van der Waals surface area (Å²) in [6, 6.07) is 6.45. The molecule has 4 rings (SSSR count). The second-order valence-electron chi connectivity index (χ2n) is 7.64. The Morgan fingerprint density at radius 1 is 1.17 bits per heavy atom. The molecule has 0 aliphatic carbocycles. The zero-order chi connectivity index (χ0) is 21.3. The Labute approximate surface area is 173 Å². The molecule has 30 heavy (non-hydrogen) atoms. The van der Waals surface area contributed by atoms with Crippen LogP contribution < -0.4 is 4.74 Å². The van der Waals surface area contributed by atoms with E-state index in [4.69, 9.17) is 4.74 Å². The van der Waals surface area contributed by atoms with Crippen LogP contribution in [0.25, 0.3) is 16.9 Å². The van der Waals surface area contributed by atoms with Crippen molar-refractivity contribution in [1.82, 2.24) is 34.6 Å². The van der Waals surface area contributed by atoms with E-state index in [1.54, 1.807) is 33.6 Å². The second-order valence-corrected chi connectivity index (χ2v) is 7.64. The fourth-order valence-corrected chi connectivity index (χ4v) is 3.39. The Balaban J connectivity index is 1.86. The number of benzene rings is 1. The number of hydrogen-bond acceptors (Lipinski definition) is 6. The normalized spacial score (nSPS) is 11.9. The van der Waals surface area contributed by atoms with Crippen molar-refractivity contribution in [2.75, 3.05) is 0 Å². The fourth-order valence-electron chi connectivity index (χ4n) is 3.39. The second kappa shape index (κ2) is 7.81. The first-order valence-electron chi connectivity index (χ1n) is 9.95. The van der Waals surface area contributed by atoms with E-state index in [1.165, 1.54) is 12.4 Å². The van der Waals surface area contributed by atoms with Gasteiger partial charge in [-0.25, -0.2) is 18.6 Å². The van der Waals surface area contributed by atoms with Gasteiger partial charge in [-0.1, -0.05) is 32.9 Å². The van der Waals surface area contributed by atoms with E-state index in [2.05, 4.69) is 46.1 Å². The smallest absolute Gasteiger partial charge is 0.238 e. The van der Waals surface area contributed by atoms with Crippen molar-refractivity contribution < 1.29 is 9.13 Å². The largest absolute Gasteiger partial charge is 0.468 e. The molecule has 1 aromatic carbocycles. The van der Waals surface area contributed by atoms with Crippen molar-refractivity contribution in [3.63, 3.8) is 0 Å². The predicted molar refractivity (Wildman–Crippen MR) is 110 cm³/mol. The predicted octanol–water partition coefficient (Wildman–Crippen LogP) is 3.81.